The Bertz CT molecular complexity index is 4090. The molecule has 381 valence electrons. The van der Waals surface area contributed by atoms with E-state index in [2.05, 4.69) is 181 Å². The number of fused-ring (bicyclic) bond motifs is 5. The number of aryl methyl sites for hydroxylation is 2. The fourth-order valence-corrected chi connectivity index (χ4v) is 10.7. The summed E-state index contributed by atoms with van der Waals surface area (Å²) in [6.45, 7) is 17.7. The first-order valence-corrected chi connectivity index (χ1v) is 26.4. The molecule has 1 radical (unpaired) electrons. The third kappa shape index (κ3) is 9.44. The molecule has 5 nitrogen and oxygen atoms in total. The van der Waals surface area contributed by atoms with Crippen LogP contribution in [0.2, 0.25) is 0 Å². The molecule has 0 aliphatic heterocycles. The predicted octanol–water partition coefficient (Wildman–Crippen LogP) is 19.3. The molecule has 0 unspecified atom stereocenters. The maximum atomic E-state index is 8.61. The largest absolute Gasteiger partial charge is 0.500 e. The molecule has 0 N–H and O–H groups in total. The topological polar surface area (TPSA) is 48.8 Å². The van der Waals surface area contributed by atoms with Crippen molar-refractivity contribution >= 4 is 44.0 Å². The maximum absolute atomic E-state index is 8.61. The van der Waals surface area contributed by atoms with Gasteiger partial charge >= 0.3 is 0 Å². The van der Waals surface area contributed by atoms with Crippen LogP contribution in [0.4, 0.5) is 0 Å². The Kier molecular flexibility index (Phi) is 13.6. The Labute approximate surface area is 465 Å². The van der Waals surface area contributed by atoms with Crippen LogP contribution in [-0.2, 0) is 20.1 Å². The molecule has 12 aromatic rings. The number of benzene rings is 9. The van der Waals surface area contributed by atoms with E-state index in [1.807, 2.05) is 84.9 Å². The van der Waals surface area contributed by atoms with Gasteiger partial charge in [0.15, 0.2) is 0 Å². The van der Waals surface area contributed by atoms with Crippen molar-refractivity contribution in [2.45, 2.75) is 92.8 Å². The van der Waals surface area contributed by atoms with E-state index in [1.54, 1.807) is 0 Å². The van der Waals surface area contributed by atoms with Gasteiger partial charge < -0.3 is 13.6 Å². The van der Waals surface area contributed by atoms with Gasteiger partial charge in [0.25, 0.3) is 0 Å². The van der Waals surface area contributed by atoms with E-state index in [-0.39, 0.29) is 37.5 Å². The van der Waals surface area contributed by atoms with E-state index in [0.29, 0.717) is 40.0 Å². The smallest absolute Gasteiger partial charge is 0.124 e. The number of hydrogen-bond acceptors (Lipinski definition) is 3. The van der Waals surface area contributed by atoms with E-state index in [1.165, 1.54) is 44.6 Å². The van der Waals surface area contributed by atoms with Crippen molar-refractivity contribution in [3.63, 3.8) is 0 Å². The third-order valence-corrected chi connectivity index (χ3v) is 14.6. The first-order valence-electron chi connectivity index (χ1n) is 27.9. The SMILES string of the molecule is Cc1c[c-]c(-c2nc3ccccc3n2-c2c(C(C)C)cccc2C(C)C)cc1.[2H]C([2H])([2H])c1c(-c2ccccc2)ccc2c1oc1c(-c3nc4ccccc4n3-c3c(C(C)C)cc(-c4ccccc4)cc3C(C)C)[c-]ccc12.[Ir]. The fourth-order valence-electron chi connectivity index (χ4n) is 10.7. The van der Waals surface area contributed by atoms with Crippen LogP contribution in [-0.4, -0.2) is 19.1 Å². The number of furan rings is 1. The van der Waals surface area contributed by atoms with Crippen LogP contribution >= 0.6 is 0 Å². The summed E-state index contributed by atoms with van der Waals surface area (Å²) in [4.78, 5) is 10.3. The minimum Gasteiger partial charge on any atom is -0.500 e. The Balaban J connectivity index is 0.000000206. The quantitative estimate of drug-likeness (QED) is 0.128. The average molecular weight is 1170 g/mol. The zero-order valence-corrected chi connectivity index (χ0v) is 47.1. The van der Waals surface area contributed by atoms with Crippen LogP contribution in [0.5, 0.6) is 0 Å². The molecule has 9 aromatic carbocycles. The van der Waals surface area contributed by atoms with Crippen molar-refractivity contribution < 1.29 is 28.6 Å². The van der Waals surface area contributed by atoms with Gasteiger partial charge in [0.1, 0.15) is 5.58 Å². The number of hydrogen-bond donors (Lipinski definition) is 0. The third-order valence-electron chi connectivity index (χ3n) is 14.6. The Morgan fingerprint density at radius 3 is 1.58 bits per heavy atom. The first-order chi connectivity index (χ1) is 37.6. The molecule has 0 aliphatic carbocycles. The van der Waals surface area contributed by atoms with Gasteiger partial charge in [-0.05, 0) is 117 Å². The van der Waals surface area contributed by atoms with Crippen LogP contribution in [0.25, 0.3) is 100 Å². The van der Waals surface area contributed by atoms with Gasteiger partial charge in [-0.15, -0.1) is 53.6 Å². The summed E-state index contributed by atoms with van der Waals surface area (Å²) in [6.07, 6.45) is 0. The Morgan fingerprint density at radius 1 is 0.487 bits per heavy atom. The molecular formula is C70H64IrN4O-2. The summed E-state index contributed by atoms with van der Waals surface area (Å²) >= 11 is 0. The summed E-state index contributed by atoms with van der Waals surface area (Å²) < 4.78 is 37.2. The molecule has 0 bridgehead atoms. The predicted molar refractivity (Wildman–Crippen MR) is 315 cm³/mol. The van der Waals surface area contributed by atoms with E-state index in [9.17, 15) is 0 Å². The fraction of sp³-hybridized carbons (Fsp3) is 0.200. The summed E-state index contributed by atoms with van der Waals surface area (Å²) in [5, 5.41) is 1.58. The van der Waals surface area contributed by atoms with Gasteiger partial charge in [-0.25, -0.2) is 0 Å². The van der Waals surface area contributed by atoms with E-state index < -0.39 is 6.85 Å². The van der Waals surface area contributed by atoms with E-state index in [4.69, 9.17) is 18.5 Å². The molecule has 76 heavy (non-hydrogen) atoms. The van der Waals surface area contributed by atoms with Gasteiger partial charge in [-0.1, -0.05) is 189 Å². The molecule has 12 rings (SSSR count). The normalized spacial score (nSPS) is 12.4. The van der Waals surface area contributed by atoms with Crippen molar-refractivity contribution in [2.24, 2.45) is 0 Å². The maximum Gasteiger partial charge on any atom is 0.124 e. The van der Waals surface area contributed by atoms with Crippen LogP contribution < -0.4 is 0 Å². The molecule has 3 aromatic heterocycles. The zero-order valence-electron chi connectivity index (χ0n) is 47.7. The standard InChI is InChI=1S/C44H37N2O.C26H27N2.Ir/c1-27(2)37-25-32(30-15-8-6-9-16-30)26-38(28(3)4)41(37)46-40-22-13-12-21-39(40)45-44(46)36-20-14-19-34-35-24-23-33(31-17-10-7-11-18-31)29(5)42(35)47-43(34)36;1-17(2)21-9-8-10-22(18(3)4)25(21)28-24-12-7-6-11-23(24)27-26(28)20-15-13-19(5)14-16-20;/h6-19,21-28H,1-5H3;6-15,17-18H,1-5H3;/q2*-1;/i5D3;;. The Morgan fingerprint density at radius 2 is 1.01 bits per heavy atom. The van der Waals surface area contributed by atoms with Gasteiger partial charge in [0.2, 0.25) is 0 Å². The number of aromatic nitrogens is 4. The molecule has 0 saturated carbocycles. The monoisotopic (exact) mass is 1170 g/mol. The molecule has 0 amide bonds. The second-order valence-corrected chi connectivity index (χ2v) is 21.0. The molecule has 0 fully saturated rings. The minimum atomic E-state index is -2.41. The van der Waals surface area contributed by atoms with Gasteiger partial charge in [0, 0.05) is 41.0 Å². The molecular weight excluding hydrogens is 1110 g/mol. The second kappa shape index (κ2) is 21.5. The summed E-state index contributed by atoms with van der Waals surface area (Å²) in [7, 11) is 0. The molecule has 0 atom stereocenters. The van der Waals surface area contributed by atoms with Crippen LogP contribution in [0.15, 0.2) is 186 Å². The van der Waals surface area contributed by atoms with Crippen LogP contribution in [0.1, 0.15) is 117 Å². The zero-order chi connectivity index (χ0) is 54.6. The summed E-state index contributed by atoms with van der Waals surface area (Å²) in [5.41, 5.74) is 19.4. The minimum absolute atomic E-state index is 0. The summed E-state index contributed by atoms with van der Waals surface area (Å²) in [6, 6.07) is 69.0. The molecule has 3 heterocycles. The van der Waals surface area contributed by atoms with E-state index in [0.717, 1.165) is 55.5 Å². The number of imidazole rings is 2. The number of nitrogens with zero attached hydrogens (tertiary/aromatic N) is 4. The molecule has 0 spiro atoms. The average Bonchev–Trinajstić information content (AvgIpc) is 4.33. The van der Waals surface area contributed by atoms with Crippen molar-refractivity contribution in [3.8, 4) is 56.4 Å². The molecule has 0 saturated heterocycles. The molecule has 6 heteroatoms. The van der Waals surface area contributed by atoms with Crippen LogP contribution in [0.3, 0.4) is 0 Å². The van der Waals surface area contributed by atoms with Crippen molar-refractivity contribution in [2.75, 3.05) is 0 Å². The van der Waals surface area contributed by atoms with Gasteiger partial charge in [-0.3, -0.25) is 9.97 Å². The molecule has 0 aliphatic rings. The van der Waals surface area contributed by atoms with Gasteiger partial charge in [0.05, 0.1) is 39.3 Å². The number of para-hydroxylation sites is 5. The Hall–Kier alpha value is -7.63. The first kappa shape index (κ1) is 48.0. The number of rotatable bonds is 10. The van der Waals surface area contributed by atoms with Crippen molar-refractivity contribution in [1.82, 2.24) is 19.1 Å². The van der Waals surface area contributed by atoms with Crippen molar-refractivity contribution in [1.29, 1.82) is 0 Å². The van der Waals surface area contributed by atoms with Crippen molar-refractivity contribution in [3.05, 3.63) is 228 Å². The van der Waals surface area contributed by atoms with Gasteiger partial charge in [-0.2, -0.15) is 0 Å². The summed E-state index contributed by atoms with van der Waals surface area (Å²) in [5.74, 6) is 2.92. The van der Waals surface area contributed by atoms with Crippen LogP contribution in [0, 0.1) is 25.9 Å². The second-order valence-electron chi connectivity index (χ2n) is 21.0. The van der Waals surface area contributed by atoms with E-state index >= 15 is 0 Å².